The topological polar surface area (TPSA) is 26.0 Å². The zero-order valence-corrected chi connectivity index (χ0v) is 28.8. The van der Waals surface area contributed by atoms with Gasteiger partial charge in [0.15, 0.2) is 0 Å². The molecule has 0 bridgehead atoms. The number of furan rings is 1. The Kier molecular flexibility index (Phi) is 6.59. The van der Waals surface area contributed by atoms with E-state index in [0.717, 1.165) is 44.3 Å². The van der Waals surface area contributed by atoms with Gasteiger partial charge in [-0.25, -0.2) is 0 Å². The first-order valence-corrected chi connectivity index (χ1v) is 18.1. The highest BCUT2D eigenvalue weighted by Gasteiger charge is 2.20. The Morgan fingerprint density at radius 1 is 0.321 bits per heavy atom. The molecule has 0 saturated carbocycles. The molecule has 0 unspecified atom stereocenters. The zero-order valence-electron chi connectivity index (χ0n) is 28.8. The normalized spacial score (nSPS) is 11.8. The summed E-state index contributed by atoms with van der Waals surface area (Å²) in [5.74, 6) is 0. The van der Waals surface area contributed by atoms with E-state index in [1.807, 2.05) is 6.20 Å². The van der Waals surface area contributed by atoms with Crippen LogP contribution in [0.2, 0.25) is 0 Å². The van der Waals surface area contributed by atoms with Crippen molar-refractivity contribution in [2.75, 3.05) is 0 Å². The summed E-state index contributed by atoms with van der Waals surface area (Å²) in [6, 6.07) is 65.4. The van der Waals surface area contributed by atoms with Gasteiger partial charge in [-0.05, 0) is 101 Å². The lowest BCUT2D eigenvalue weighted by molar-refractivity contribution is 0.669. The fraction of sp³-hybridized carbons (Fsp3) is 0. The van der Waals surface area contributed by atoms with Crippen LogP contribution in [-0.4, -0.2) is 4.98 Å². The predicted molar refractivity (Wildman–Crippen MR) is 223 cm³/mol. The second-order valence-corrected chi connectivity index (χ2v) is 13.9. The summed E-state index contributed by atoms with van der Waals surface area (Å²) < 4.78 is 6.29. The predicted octanol–water partition coefficient (Wildman–Crippen LogP) is 14.3. The van der Waals surface area contributed by atoms with E-state index < -0.39 is 0 Å². The Bertz CT molecular complexity index is 3150. The van der Waals surface area contributed by atoms with Crippen molar-refractivity contribution in [3.63, 3.8) is 0 Å². The lowest BCUT2D eigenvalue weighted by Gasteiger charge is -2.19. The molecule has 9 aromatic carbocycles. The standard InChI is InChI=1S/C51H31NO/c1-2-12-32(13-3-1)37-24-25-44(39-17-7-6-16-38(37)39)50-40-18-8-10-20-42(40)51(43-21-11-9-19-41(43)50)47-26-22-36(31-52-47)35-23-27-48-45(29-35)46-28-33-14-4-5-15-34(33)30-49(46)53-48/h1-31H. The third-order valence-electron chi connectivity index (χ3n) is 10.9. The van der Waals surface area contributed by atoms with Crippen LogP contribution in [-0.2, 0) is 0 Å². The average molecular weight is 674 g/mol. The molecule has 0 saturated heterocycles. The van der Waals surface area contributed by atoms with Crippen molar-refractivity contribution < 1.29 is 4.42 Å². The zero-order chi connectivity index (χ0) is 34.9. The molecule has 2 aromatic heterocycles. The maximum absolute atomic E-state index is 6.29. The molecule has 2 heteroatoms. The first-order chi connectivity index (χ1) is 26.3. The lowest BCUT2D eigenvalue weighted by atomic mass is 9.84. The number of nitrogens with zero attached hydrogens (tertiary/aromatic N) is 1. The number of benzene rings is 9. The average Bonchev–Trinajstić information content (AvgIpc) is 3.58. The van der Waals surface area contributed by atoms with Crippen molar-refractivity contribution in [3.8, 4) is 44.6 Å². The van der Waals surface area contributed by atoms with E-state index in [0.29, 0.717) is 0 Å². The van der Waals surface area contributed by atoms with Crippen LogP contribution in [0.25, 0.3) is 110 Å². The van der Waals surface area contributed by atoms with Gasteiger partial charge in [0.1, 0.15) is 11.2 Å². The van der Waals surface area contributed by atoms with E-state index in [-0.39, 0.29) is 0 Å². The molecular weight excluding hydrogens is 643 g/mol. The second kappa shape index (κ2) is 11.8. The minimum atomic E-state index is 0.893. The van der Waals surface area contributed by atoms with Crippen molar-refractivity contribution in [2.24, 2.45) is 0 Å². The van der Waals surface area contributed by atoms with Gasteiger partial charge in [0, 0.05) is 28.1 Å². The molecule has 0 aliphatic rings. The van der Waals surface area contributed by atoms with Crippen LogP contribution in [0.4, 0.5) is 0 Å². The van der Waals surface area contributed by atoms with Gasteiger partial charge < -0.3 is 4.42 Å². The quantitative estimate of drug-likeness (QED) is 0.174. The Hall–Kier alpha value is -7.03. The molecule has 53 heavy (non-hydrogen) atoms. The number of pyridine rings is 1. The molecule has 0 fully saturated rings. The van der Waals surface area contributed by atoms with E-state index in [4.69, 9.17) is 9.40 Å². The molecule has 2 heterocycles. The molecule has 0 spiro atoms. The van der Waals surface area contributed by atoms with E-state index in [2.05, 4.69) is 182 Å². The summed E-state index contributed by atoms with van der Waals surface area (Å²) in [6.45, 7) is 0. The molecule has 0 N–H and O–H groups in total. The molecule has 11 aromatic rings. The van der Waals surface area contributed by atoms with Crippen LogP contribution in [0.1, 0.15) is 0 Å². The van der Waals surface area contributed by atoms with Crippen LogP contribution in [0.5, 0.6) is 0 Å². The van der Waals surface area contributed by atoms with Crippen molar-refractivity contribution in [3.05, 3.63) is 188 Å². The first kappa shape index (κ1) is 29.7. The molecule has 246 valence electrons. The first-order valence-electron chi connectivity index (χ1n) is 18.1. The highest BCUT2D eigenvalue weighted by molar-refractivity contribution is 6.24. The summed E-state index contributed by atoms with van der Waals surface area (Å²) in [4.78, 5) is 5.17. The van der Waals surface area contributed by atoms with Gasteiger partial charge in [-0.15, -0.1) is 0 Å². The second-order valence-electron chi connectivity index (χ2n) is 13.9. The van der Waals surface area contributed by atoms with E-state index in [1.165, 1.54) is 65.3 Å². The van der Waals surface area contributed by atoms with Crippen molar-refractivity contribution in [1.82, 2.24) is 4.98 Å². The Morgan fingerprint density at radius 3 is 1.55 bits per heavy atom. The van der Waals surface area contributed by atoms with Gasteiger partial charge in [-0.1, -0.05) is 152 Å². The summed E-state index contributed by atoms with van der Waals surface area (Å²) in [6.07, 6.45) is 2.02. The largest absolute Gasteiger partial charge is 0.456 e. The summed E-state index contributed by atoms with van der Waals surface area (Å²) in [7, 11) is 0. The van der Waals surface area contributed by atoms with Gasteiger partial charge in [-0.2, -0.15) is 0 Å². The minimum absolute atomic E-state index is 0.893. The van der Waals surface area contributed by atoms with E-state index in [1.54, 1.807) is 0 Å². The molecule has 0 radical (unpaired) electrons. The molecule has 2 nitrogen and oxygen atoms in total. The summed E-state index contributed by atoms with van der Waals surface area (Å²) >= 11 is 0. The van der Waals surface area contributed by atoms with Crippen LogP contribution in [0.3, 0.4) is 0 Å². The molecule has 0 aliphatic carbocycles. The van der Waals surface area contributed by atoms with Crippen LogP contribution in [0, 0.1) is 0 Å². The van der Waals surface area contributed by atoms with Crippen molar-refractivity contribution in [2.45, 2.75) is 0 Å². The number of fused-ring (bicyclic) bond motifs is 7. The van der Waals surface area contributed by atoms with Crippen molar-refractivity contribution >= 4 is 65.0 Å². The van der Waals surface area contributed by atoms with Gasteiger partial charge >= 0.3 is 0 Å². The highest BCUT2D eigenvalue weighted by atomic mass is 16.3. The van der Waals surface area contributed by atoms with E-state index in [9.17, 15) is 0 Å². The number of rotatable bonds is 4. The summed E-state index contributed by atoms with van der Waals surface area (Å²) in [5, 5.41) is 11.9. The molecule has 0 atom stereocenters. The van der Waals surface area contributed by atoms with Crippen molar-refractivity contribution in [1.29, 1.82) is 0 Å². The van der Waals surface area contributed by atoms with Crippen LogP contribution < -0.4 is 0 Å². The maximum Gasteiger partial charge on any atom is 0.136 e. The Morgan fingerprint density at radius 2 is 0.868 bits per heavy atom. The molecule has 0 amide bonds. The van der Waals surface area contributed by atoms with Crippen LogP contribution in [0.15, 0.2) is 193 Å². The van der Waals surface area contributed by atoms with Gasteiger partial charge in [0.05, 0.1) is 5.69 Å². The number of hydrogen-bond donors (Lipinski definition) is 0. The van der Waals surface area contributed by atoms with Gasteiger partial charge in [0.25, 0.3) is 0 Å². The monoisotopic (exact) mass is 673 g/mol. The SMILES string of the molecule is c1ccc(-c2ccc(-c3c4ccccc4c(-c4ccc(-c5ccc6oc7cc8ccccc8cc7c6c5)cn4)c4ccccc34)c3ccccc23)cc1. The number of hydrogen-bond acceptors (Lipinski definition) is 2. The lowest BCUT2D eigenvalue weighted by Crippen LogP contribution is -1.93. The summed E-state index contributed by atoms with van der Waals surface area (Å²) in [5.41, 5.74) is 11.0. The number of aromatic nitrogens is 1. The van der Waals surface area contributed by atoms with Gasteiger partial charge in [0.2, 0.25) is 0 Å². The fourth-order valence-electron chi connectivity index (χ4n) is 8.44. The fourth-order valence-corrected chi connectivity index (χ4v) is 8.44. The molecule has 11 rings (SSSR count). The Labute approximate surface area is 306 Å². The van der Waals surface area contributed by atoms with Crippen LogP contribution >= 0.6 is 0 Å². The minimum Gasteiger partial charge on any atom is -0.456 e. The molecular formula is C51H31NO. The van der Waals surface area contributed by atoms with E-state index >= 15 is 0 Å². The third-order valence-corrected chi connectivity index (χ3v) is 10.9. The van der Waals surface area contributed by atoms with Gasteiger partial charge in [-0.3, -0.25) is 4.98 Å². The smallest absolute Gasteiger partial charge is 0.136 e. The Balaban J connectivity index is 1.07. The molecule has 0 aliphatic heterocycles. The third kappa shape index (κ3) is 4.70. The maximum atomic E-state index is 6.29. The highest BCUT2D eigenvalue weighted by Crippen LogP contribution is 2.46.